The van der Waals surface area contributed by atoms with Gasteiger partial charge in [0, 0.05) is 24.3 Å². The van der Waals surface area contributed by atoms with Gasteiger partial charge in [-0.1, -0.05) is 25.6 Å². The predicted molar refractivity (Wildman–Crippen MR) is 83.7 cm³/mol. The van der Waals surface area contributed by atoms with Crippen molar-refractivity contribution in [2.45, 2.75) is 45.1 Å². The monoisotopic (exact) mass is 291 g/mol. The topological polar surface area (TPSA) is 59.2 Å². The largest absolute Gasteiger partial charge is 0.389 e. The van der Waals surface area contributed by atoms with Crippen molar-refractivity contribution in [2.75, 3.05) is 6.54 Å². The van der Waals surface area contributed by atoms with E-state index in [1.165, 1.54) is 6.42 Å². The third kappa shape index (κ3) is 3.33. The number of nitrogens with zero attached hydrogens (tertiary/aromatic N) is 2. The summed E-state index contributed by atoms with van der Waals surface area (Å²) in [5, 5.41) is 0. The Kier molecular flexibility index (Phi) is 5.06. The Morgan fingerprint density at radius 2 is 2.30 bits per heavy atom. The lowest BCUT2D eigenvalue weighted by atomic mass is 9.98. The van der Waals surface area contributed by atoms with Crippen LogP contribution in [0.3, 0.4) is 0 Å². The summed E-state index contributed by atoms with van der Waals surface area (Å²) in [6.45, 7) is 2.99. The van der Waals surface area contributed by atoms with Crippen molar-refractivity contribution in [3.63, 3.8) is 0 Å². The highest BCUT2D eigenvalue weighted by Crippen LogP contribution is 2.22. The van der Waals surface area contributed by atoms with Gasteiger partial charge in [-0.25, -0.2) is 0 Å². The van der Waals surface area contributed by atoms with Gasteiger partial charge in [0.2, 0.25) is 0 Å². The Balaban J connectivity index is 2.14. The van der Waals surface area contributed by atoms with Gasteiger partial charge >= 0.3 is 0 Å². The van der Waals surface area contributed by atoms with Crippen LogP contribution >= 0.6 is 12.2 Å². The first-order valence-electron chi connectivity index (χ1n) is 7.20. The van der Waals surface area contributed by atoms with Crippen LogP contribution in [-0.4, -0.2) is 33.4 Å². The molecule has 1 aliphatic rings. The summed E-state index contributed by atoms with van der Waals surface area (Å²) in [5.41, 5.74) is 6.71. The SMILES string of the molecule is CCCC1CCCCN1C(=O)c1ccc(C(N)=S)cn1. The van der Waals surface area contributed by atoms with Crippen LogP contribution in [0.15, 0.2) is 18.3 Å². The Morgan fingerprint density at radius 1 is 1.50 bits per heavy atom. The van der Waals surface area contributed by atoms with E-state index >= 15 is 0 Å². The van der Waals surface area contributed by atoms with Crippen molar-refractivity contribution in [1.29, 1.82) is 0 Å². The lowest BCUT2D eigenvalue weighted by Gasteiger charge is -2.35. The van der Waals surface area contributed by atoms with Crippen molar-refractivity contribution < 1.29 is 4.79 Å². The van der Waals surface area contributed by atoms with Gasteiger partial charge in [0.15, 0.2) is 0 Å². The van der Waals surface area contributed by atoms with Gasteiger partial charge in [0.05, 0.1) is 0 Å². The van der Waals surface area contributed by atoms with E-state index in [4.69, 9.17) is 18.0 Å². The van der Waals surface area contributed by atoms with Gasteiger partial charge < -0.3 is 10.6 Å². The number of carbonyl (C=O) groups is 1. The molecule has 1 unspecified atom stereocenters. The number of piperidine rings is 1. The standard InChI is InChI=1S/C15H21N3OS/c1-2-5-12-6-3-4-9-18(12)15(19)13-8-7-11(10-17-13)14(16)20/h7-8,10,12H,2-6,9H2,1H3,(H2,16,20). The van der Waals surface area contributed by atoms with Crippen LogP contribution in [-0.2, 0) is 0 Å². The summed E-state index contributed by atoms with van der Waals surface area (Å²) in [6, 6.07) is 3.84. The summed E-state index contributed by atoms with van der Waals surface area (Å²) >= 11 is 4.89. The summed E-state index contributed by atoms with van der Waals surface area (Å²) in [4.78, 5) is 19.1. The first-order valence-corrected chi connectivity index (χ1v) is 7.61. The Morgan fingerprint density at radius 3 is 2.90 bits per heavy atom. The van der Waals surface area contributed by atoms with Crippen molar-refractivity contribution in [3.8, 4) is 0 Å². The normalized spacial score (nSPS) is 18.9. The smallest absolute Gasteiger partial charge is 0.272 e. The quantitative estimate of drug-likeness (QED) is 0.866. The minimum atomic E-state index is 0.0256. The molecule has 1 atom stereocenters. The maximum Gasteiger partial charge on any atom is 0.272 e. The molecule has 0 bridgehead atoms. The molecule has 0 saturated carbocycles. The number of amides is 1. The molecule has 108 valence electrons. The van der Waals surface area contributed by atoms with E-state index in [0.29, 0.717) is 22.3 Å². The molecule has 0 radical (unpaired) electrons. The minimum Gasteiger partial charge on any atom is -0.389 e. The second-order valence-electron chi connectivity index (χ2n) is 5.23. The maximum atomic E-state index is 12.6. The molecule has 2 heterocycles. The molecule has 0 aliphatic carbocycles. The van der Waals surface area contributed by atoms with Crippen molar-refractivity contribution in [3.05, 3.63) is 29.6 Å². The van der Waals surface area contributed by atoms with Gasteiger partial charge in [-0.05, 0) is 37.8 Å². The fraction of sp³-hybridized carbons (Fsp3) is 0.533. The molecule has 1 aliphatic heterocycles. The van der Waals surface area contributed by atoms with Gasteiger partial charge in [-0.3, -0.25) is 9.78 Å². The van der Waals surface area contributed by atoms with Crippen molar-refractivity contribution in [2.24, 2.45) is 5.73 Å². The third-order valence-corrected chi connectivity index (χ3v) is 4.01. The second-order valence-corrected chi connectivity index (χ2v) is 5.67. The molecule has 1 aromatic rings. The van der Waals surface area contributed by atoms with E-state index < -0.39 is 0 Å². The predicted octanol–water partition coefficient (Wildman–Crippen LogP) is 2.51. The number of carbonyl (C=O) groups excluding carboxylic acids is 1. The zero-order valence-corrected chi connectivity index (χ0v) is 12.7. The van der Waals surface area contributed by atoms with Gasteiger partial charge in [0.1, 0.15) is 10.7 Å². The van der Waals surface area contributed by atoms with Gasteiger partial charge in [-0.15, -0.1) is 0 Å². The number of hydrogen-bond acceptors (Lipinski definition) is 3. The molecule has 1 saturated heterocycles. The zero-order valence-electron chi connectivity index (χ0n) is 11.8. The fourth-order valence-corrected chi connectivity index (χ4v) is 2.84. The molecule has 20 heavy (non-hydrogen) atoms. The van der Waals surface area contributed by atoms with Crippen LogP contribution < -0.4 is 5.73 Å². The Hall–Kier alpha value is -1.49. The number of pyridine rings is 1. The molecule has 1 fully saturated rings. The van der Waals surface area contributed by atoms with E-state index in [0.717, 1.165) is 32.2 Å². The number of likely N-dealkylation sites (tertiary alicyclic amines) is 1. The summed E-state index contributed by atoms with van der Waals surface area (Å²) in [5.74, 6) is 0.0256. The molecular weight excluding hydrogens is 270 g/mol. The third-order valence-electron chi connectivity index (χ3n) is 3.78. The second kappa shape index (κ2) is 6.79. The molecular formula is C15H21N3OS. The number of nitrogens with two attached hydrogens (primary N) is 1. The van der Waals surface area contributed by atoms with E-state index in [2.05, 4.69) is 11.9 Å². The highest BCUT2D eigenvalue weighted by molar-refractivity contribution is 7.80. The molecule has 4 nitrogen and oxygen atoms in total. The summed E-state index contributed by atoms with van der Waals surface area (Å²) < 4.78 is 0. The number of rotatable bonds is 4. The van der Waals surface area contributed by atoms with Crippen LogP contribution in [0.2, 0.25) is 0 Å². The molecule has 1 aromatic heterocycles. The minimum absolute atomic E-state index is 0.0256. The molecule has 0 aromatic carbocycles. The van der Waals surface area contributed by atoms with Crippen LogP contribution in [0.1, 0.15) is 55.1 Å². The van der Waals surface area contributed by atoms with Crippen LogP contribution in [0.5, 0.6) is 0 Å². The van der Waals surface area contributed by atoms with E-state index in [1.54, 1.807) is 18.3 Å². The summed E-state index contributed by atoms with van der Waals surface area (Å²) in [6.07, 6.45) is 7.14. The average Bonchev–Trinajstić information content (AvgIpc) is 2.47. The van der Waals surface area contributed by atoms with E-state index in [1.807, 2.05) is 4.90 Å². The fourth-order valence-electron chi connectivity index (χ4n) is 2.71. The van der Waals surface area contributed by atoms with E-state index in [9.17, 15) is 4.79 Å². The molecule has 1 amide bonds. The lowest BCUT2D eigenvalue weighted by Crippen LogP contribution is -2.44. The van der Waals surface area contributed by atoms with Crippen molar-refractivity contribution in [1.82, 2.24) is 9.88 Å². The molecule has 2 rings (SSSR count). The first kappa shape index (κ1) is 14.9. The van der Waals surface area contributed by atoms with E-state index in [-0.39, 0.29) is 5.91 Å². The zero-order chi connectivity index (χ0) is 14.5. The number of thiocarbonyl (C=S) groups is 1. The highest BCUT2D eigenvalue weighted by Gasteiger charge is 2.27. The summed E-state index contributed by atoms with van der Waals surface area (Å²) in [7, 11) is 0. The maximum absolute atomic E-state index is 12.6. The number of hydrogen-bond donors (Lipinski definition) is 1. The number of aromatic nitrogens is 1. The Labute approximate surface area is 125 Å². The highest BCUT2D eigenvalue weighted by atomic mass is 32.1. The molecule has 2 N–H and O–H groups in total. The Bertz CT molecular complexity index is 484. The first-order chi connectivity index (χ1) is 9.63. The van der Waals surface area contributed by atoms with Crippen LogP contribution in [0.4, 0.5) is 0 Å². The molecule has 0 spiro atoms. The lowest BCUT2D eigenvalue weighted by molar-refractivity contribution is 0.0594. The van der Waals surface area contributed by atoms with Crippen LogP contribution in [0, 0.1) is 0 Å². The van der Waals surface area contributed by atoms with Crippen LogP contribution in [0.25, 0.3) is 0 Å². The molecule has 5 heteroatoms. The van der Waals surface area contributed by atoms with Gasteiger partial charge in [-0.2, -0.15) is 0 Å². The van der Waals surface area contributed by atoms with Crippen molar-refractivity contribution >= 4 is 23.1 Å². The average molecular weight is 291 g/mol. The van der Waals surface area contributed by atoms with Gasteiger partial charge in [0.25, 0.3) is 5.91 Å².